The minimum absolute atomic E-state index is 0.0345. The maximum absolute atomic E-state index is 13.5. The summed E-state index contributed by atoms with van der Waals surface area (Å²) < 4.78 is 0. The van der Waals surface area contributed by atoms with Gasteiger partial charge in [0.05, 0.1) is 16.3 Å². The molecule has 2 saturated heterocycles. The third-order valence-corrected chi connectivity index (χ3v) is 6.98. The number of halogens is 2. The average Bonchev–Trinajstić information content (AvgIpc) is 2.81. The number of carbonyl (C=O) groups excluding carboxylic acids is 2. The molecule has 176 valence electrons. The molecule has 2 aliphatic heterocycles. The number of amides is 3. The van der Waals surface area contributed by atoms with Crippen LogP contribution in [0.4, 0.5) is 21.9 Å². The number of nitrogens with zero attached hydrogens (tertiary/aromatic N) is 2. The second-order valence-corrected chi connectivity index (χ2v) is 9.80. The molecule has 2 heterocycles. The smallest absolute Gasteiger partial charge is 0.323 e. The Hall–Kier alpha value is -2.44. The van der Waals surface area contributed by atoms with Crippen LogP contribution in [0.25, 0.3) is 0 Å². The predicted molar refractivity (Wildman–Crippen MR) is 136 cm³/mol. The van der Waals surface area contributed by atoms with E-state index in [-0.39, 0.29) is 5.91 Å². The average molecular weight is 489 g/mol. The minimum Gasteiger partial charge on any atom is -0.371 e. The number of hydrogen-bond acceptors (Lipinski definition) is 3. The van der Waals surface area contributed by atoms with Gasteiger partial charge in [0.25, 0.3) is 5.91 Å². The Bertz CT molecular complexity index is 1020. The van der Waals surface area contributed by atoms with E-state index in [1.165, 1.54) is 6.42 Å². The second-order valence-electron chi connectivity index (χ2n) is 8.96. The third kappa shape index (κ3) is 5.92. The lowest BCUT2D eigenvalue weighted by Gasteiger charge is -2.34. The fraction of sp³-hybridized carbons (Fsp3) is 0.440. The monoisotopic (exact) mass is 488 g/mol. The van der Waals surface area contributed by atoms with Gasteiger partial charge in [-0.25, -0.2) is 4.79 Å². The molecular weight excluding hydrogens is 459 g/mol. The Labute approximate surface area is 205 Å². The Kier molecular flexibility index (Phi) is 7.66. The zero-order valence-electron chi connectivity index (χ0n) is 18.9. The maximum atomic E-state index is 13.5. The molecule has 0 atom stereocenters. The normalized spacial score (nSPS) is 17.1. The summed E-state index contributed by atoms with van der Waals surface area (Å²) in [4.78, 5) is 30.4. The van der Waals surface area contributed by atoms with E-state index < -0.39 is 6.03 Å². The topological polar surface area (TPSA) is 64.7 Å². The van der Waals surface area contributed by atoms with Crippen molar-refractivity contribution in [3.05, 3.63) is 52.0 Å². The first-order chi connectivity index (χ1) is 15.9. The first kappa shape index (κ1) is 23.7. The molecule has 0 aliphatic carbocycles. The highest BCUT2D eigenvalue weighted by Crippen LogP contribution is 2.30. The Morgan fingerprint density at radius 3 is 2.33 bits per heavy atom. The van der Waals surface area contributed by atoms with E-state index in [2.05, 4.69) is 22.5 Å². The Balaban J connectivity index is 1.55. The van der Waals surface area contributed by atoms with Crippen molar-refractivity contribution in [1.29, 1.82) is 0 Å². The molecule has 2 N–H and O–H groups in total. The van der Waals surface area contributed by atoms with Crippen LogP contribution in [0.1, 0.15) is 49.4 Å². The van der Waals surface area contributed by atoms with Crippen LogP contribution in [0.15, 0.2) is 36.4 Å². The maximum Gasteiger partial charge on any atom is 0.323 e. The molecule has 8 heteroatoms. The fourth-order valence-electron chi connectivity index (χ4n) is 4.45. The van der Waals surface area contributed by atoms with Crippen LogP contribution in [0.2, 0.25) is 10.0 Å². The highest BCUT2D eigenvalue weighted by molar-refractivity contribution is 6.36. The van der Waals surface area contributed by atoms with Crippen molar-refractivity contribution >= 4 is 52.2 Å². The molecule has 0 spiro atoms. The van der Waals surface area contributed by atoms with Crippen molar-refractivity contribution in [2.24, 2.45) is 5.92 Å². The molecule has 0 radical (unpaired) electrons. The van der Waals surface area contributed by atoms with Gasteiger partial charge in [-0.15, -0.1) is 0 Å². The molecule has 0 saturated carbocycles. The van der Waals surface area contributed by atoms with E-state index >= 15 is 0 Å². The highest BCUT2D eigenvalue weighted by Gasteiger charge is 2.26. The fourth-order valence-corrected chi connectivity index (χ4v) is 4.91. The van der Waals surface area contributed by atoms with E-state index in [0.717, 1.165) is 57.5 Å². The molecule has 2 aromatic carbocycles. The lowest BCUT2D eigenvalue weighted by Crippen LogP contribution is -2.39. The lowest BCUT2D eigenvalue weighted by molar-refractivity contribution is 0.0698. The molecular formula is C25H30Cl2N4O2. The largest absolute Gasteiger partial charge is 0.371 e. The molecule has 3 amide bonds. The van der Waals surface area contributed by atoms with Gasteiger partial charge in [0.2, 0.25) is 0 Å². The van der Waals surface area contributed by atoms with Crippen LogP contribution in [0.5, 0.6) is 0 Å². The SMILES string of the molecule is CC1CCN(C(=O)c2cc(NC(=O)Nc3ccc(Cl)cc3Cl)ccc2N2CCCCC2)CC1. The van der Waals surface area contributed by atoms with Crippen molar-refractivity contribution in [2.45, 2.75) is 39.0 Å². The van der Waals surface area contributed by atoms with Gasteiger partial charge in [-0.2, -0.15) is 0 Å². The van der Waals surface area contributed by atoms with Crippen molar-refractivity contribution in [1.82, 2.24) is 4.90 Å². The van der Waals surface area contributed by atoms with E-state index in [0.29, 0.717) is 32.9 Å². The zero-order chi connectivity index (χ0) is 23.4. The molecule has 33 heavy (non-hydrogen) atoms. The standard InChI is InChI=1S/C25H30Cl2N4O2/c1-17-9-13-31(14-10-17)24(32)20-16-19(6-8-23(20)30-11-3-2-4-12-30)28-25(33)29-22-7-5-18(26)15-21(22)27/h5-8,15-17H,2-4,9-14H2,1H3,(H2,28,29,33). The summed E-state index contributed by atoms with van der Waals surface area (Å²) in [5.41, 5.74) is 2.62. The number of carbonyl (C=O) groups is 2. The van der Waals surface area contributed by atoms with Gasteiger partial charge in [-0.3, -0.25) is 4.79 Å². The first-order valence-electron chi connectivity index (χ1n) is 11.6. The minimum atomic E-state index is -0.435. The molecule has 0 bridgehead atoms. The summed E-state index contributed by atoms with van der Waals surface area (Å²) in [5.74, 6) is 0.680. The van der Waals surface area contributed by atoms with Gasteiger partial charge < -0.3 is 20.4 Å². The van der Waals surface area contributed by atoms with Gasteiger partial charge >= 0.3 is 6.03 Å². The summed E-state index contributed by atoms with van der Waals surface area (Å²) >= 11 is 12.1. The molecule has 6 nitrogen and oxygen atoms in total. The van der Waals surface area contributed by atoms with Crippen LogP contribution in [-0.2, 0) is 0 Å². The van der Waals surface area contributed by atoms with Crippen LogP contribution in [0, 0.1) is 5.92 Å². The number of rotatable bonds is 4. The molecule has 2 aliphatic rings. The lowest BCUT2D eigenvalue weighted by atomic mass is 9.98. The Morgan fingerprint density at radius 2 is 1.64 bits per heavy atom. The van der Waals surface area contributed by atoms with Gasteiger partial charge in [-0.1, -0.05) is 30.1 Å². The second kappa shape index (κ2) is 10.7. The molecule has 0 aromatic heterocycles. The van der Waals surface area contributed by atoms with Crippen LogP contribution in [0.3, 0.4) is 0 Å². The number of anilines is 3. The number of nitrogens with one attached hydrogen (secondary N) is 2. The predicted octanol–water partition coefficient (Wildman–Crippen LogP) is 6.50. The number of hydrogen-bond donors (Lipinski definition) is 2. The summed E-state index contributed by atoms with van der Waals surface area (Å²) in [5, 5.41) is 6.42. The van der Waals surface area contributed by atoms with E-state index in [9.17, 15) is 9.59 Å². The number of benzene rings is 2. The summed E-state index contributed by atoms with van der Waals surface area (Å²) in [6, 6.07) is 10.0. The van der Waals surface area contributed by atoms with Gasteiger partial charge in [-0.05, 0) is 74.4 Å². The van der Waals surface area contributed by atoms with Gasteiger partial charge in [0.1, 0.15) is 0 Å². The van der Waals surface area contributed by atoms with Crippen LogP contribution in [-0.4, -0.2) is 43.0 Å². The van der Waals surface area contributed by atoms with E-state index in [1.54, 1.807) is 24.3 Å². The van der Waals surface area contributed by atoms with Crippen LogP contribution < -0.4 is 15.5 Å². The van der Waals surface area contributed by atoms with E-state index in [1.807, 2.05) is 17.0 Å². The molecule has 0 unspecified atom stereocenters. The Morgan fingerprint density at radius 1 is 0.909 bits per heavy atom. The molecule has 4 rings (SSSR count). The quantitative estimate of drug-likeness (QED) is 0.515. The third-order valence-electron chi connectivity index (χ3n) is 6.43. The summed E-state index contributed by atoms with van der Waals surface area (Å²) in [6.45, 7) is 5.66. The van der Waals surface area contributed by atoms with Gasteiger partial charge in [0, 0.05) is 42.6 Å². The van der Waals surface area contributed by atoms with Gasteiger partial charge in [0.15, 0.2) is 0 Å². The van der Waals surface area contributed by atoms with Crippen molar-refractivity contribution < 1.29 is 9.59 Å². The van der Waals surface area contributed by atoms with E-state index in [4.69, 9.17) is 23.2 Å². The highest BCUT2D eigenvalue weighted by atomic mass is 35.5. The number of likely N-dealkylation sites (tertiary alicyclic amines) is 1. The number of piperidine rings is 2. The zero-order valence-corrected chi connectivity index (χ0v) is 20.4. The van der Waals surface area contributed by atoms with Crippen molar-refractivity contribution in [3.8, 4) is 0 Å². The summed E-state index contributed by atoms with van der Waals surface area (Å²) in [7, 11) is 0. The number of urea groups is 1. The first-order valence-corrected chi connectivity index (χ1v) is 12.4. The van der Waals surface area contributed by atoms with Crippen LogP contribution >= 0.6 is 23.2 Å². The molecule has 2 aromatic rings. The molecule has 2 fully saturated rings. The summed E-state index contributed by atoms with van der Waals surface area (Å²) in [6.07, 6.45) is 5.51. The van der Waals surface area contributed by atoms with Crippen molar-refractivity contribution in [3.63, 3.8) is 0 Å². The van der Waals surface area contributed by atoms with Crippen molar-refractivity contribution in [2.75, 3.05) is 41.7 Å².